The molecule has 2 aromatic rings. The number of carbonyl (C=O) groups excluding carboxylic acids is 2. The molecular formula is C18H17BrN2O2. The number of carbonyl (C=O) groups is 2. The molecule has 0 aliphatic carbocycles. The molecule has 2 amide bonds. The summed E-state index contributed by atoms with van der Waals surface area (Å²) < 4.78 is 0.856. The Morgan fingerprint density at radius 2 is 1.96 bits per heavy atom. The minimum atomic E-state index is -0.154. The van der Waals surface area contributed by atoms with E-state index >= 15 is 0 Å². The van der Waals surface area contributed by atoms with Gasteiger partial charge in [0.25, 0.3) is 5.91 Å². The highest BCUT2D eigenvalue weighted by Gasteiger charge is 2.23. The van der Waals surface area contributed by atoms with Gasteiger partial charge in [-0.25, -0.2) is 0 Å². The van der Waals surface area contributed by atoms with Crippen LogP contribution in [0.15, 0.2) is 40.9 Å². The smallest absolute Gasteiger partial charge is 0.255 e. The Morgan fingerprint density at radius 1 is 1.17 bits per heavy atom. The van der Waals surface area contributed by atoms with E-state index in [1.165, 1.54) is 0 Å². The van der Waals surface area contributed by atoms with Crippen LogP contribution < -0.4 is 10.2 Å². The van der Waals surface area contributed by atoms with Crippen molar-refractivity contribution in [2.75, 3.05) is 16.8 Å². The summed E-state index contributed by atoms with van der Waals surface area (Å²) in [5.74, 6) is -0.122. The summed E-state index contributed by atoms with van der Waals surface area (Å²) >= 11 is 3.46. The van der Waals surface area contributed by atoms with Crippen LogP contribution in [0.1, 0.15) is 28.4 Å². The van der Waals surface area contributed by atoms with E-state index in [1.807, 2.05) is 37.3 Å². The third-order valence-corrected chi connectivity index (χ3v) is 4.65. The molecule has 0 atom stereocenters. The SMILES string of the molecule is CC(=O)N1CCc2cc(C(=O)Nc3ccc(C)cc3Br)ccc21. The molecule has 0 saturated carbocycles. The van der Waals surface area contributed by atoms with Crippen LogP contribution in [-0.2, 0) is 11.2 Å². The number of nitrogens with one attached hydrogen (secondary N) is 1. The lowest BCUT2D eigenvalue weighted by atomic mass is 10.1. The van der Waals surface area contributed by atoms with Gasteiger partial charge < -0.3 is 10.2 Å². The minimum Gasteiger partial charge on any atom is -0.321 e. The molecule has 0 fully saturated rings. The summed E-state index contributed by atoms with van der Waals surface area (Å²) in [4.78, 5) is 25.8. The Bertz CT molecular complexity index is 802. The van der Waals surface area contributed by atoms with E-state index in [4.69, 9.17) is 0 Å². The molecule has 0 aromatic heterocycles. The Labute approximate surface area is 143 Å². The molecule has 1 aliphatic rings. The number of anilines is 2. The van der Waals surface area contributed by atoms with Crippen molar-refractivity contribution in [3.05, 3.63) is 57.6 Å². The number of rotatable bonds is 2. The quantitative estimate of drug-likeness (QED) is 0.868. The first kappa shape index (κ1) is 15.7. The van der Waals surface area contributed by atoms with Gasteiger partial charge >= 0.3 is 0 Å². The van der Waals surface area contributed by atoms with E-state index in [0.29, 0.717) is 12.1 Å². The number of hydrogen-bond acceptors (Lipinski definition) is 2. The molecular weight excluding hydrogens is 356 g/mol. The van der Waals surface area contributed by atoms with Crippen LogP contribution in [0.2, 0.25) is 0 Å². The zero-order valence-corrected chi connectivity index (χ0v) is 14.6. The van der Waals surface area contributed by atoms with E-state index in [1.54, 1.807) is 17.9 Å². The van der Waals surface area contributed by atoms with Crippen molar-refractivity contribution in [2.45, 2.75) is 20.3 Å². The predicted molar refractivity (Wildman–Crippen MR) is 95.0 cm³/mol. The molecule has 0 unspecified atom stereocenters. The molecule has 3 rings (SSSR count). The van der Waals surface area contributed by atoms with Crippen molar-refractivity contribution in [3.63, 3.8) is 0 Å². The van der Waals surface area contributed by atoms with Gasteiger partial charge in [-0.05, 0) is 70.7 Å². The second-order valence-electron chi connectivity index (χ2n) is 5.70. The van der Waals surface area contributed by atoms with Crippen LogP contribution in [0.5, 0.6) is 0 Å². The third kappa shape index (κ3) is 3.15. The molecule has 0 spiro atoms. The van der Waals surface area contributed by atoms with Crippen molar-refractivity contribution < 1.29 is 9.59 Å². The maximum atomic E-state index is 12.5. The fourth-order valence-electron chi connectivity index (χ4n) is 2.79. The summed E-state index contributed by atoms with van der Waals surface area (Å²) in [5, 5.41) is 2.91. The molecule has 0 bridgehead atoms. The van der Waals surface area contributed by atoms with Gasteiger partial charge in [-0.3, -0.25) is 9.59 Å². The van der Waals surface area contributed by atoms with Crippen LogP contribution in [-0.4, -0.2) is 18.4 Å². The number of amides is 2. The zero-order chi connectivity index (χ0) is 16.6. The molecule has 4 nitrogen and oxygen atoms in total. The van der Waals surface area contributed by atoms with E-state index in [9.17, 15) is 9.59 Å². The van der Waals surface area contributed by atoms with Crippen LogP contribution in [0.4, 0.5) is 11.4 Å². The normalized spacial score (nSPS) is 12.9. The van der Waals surface area contributed by atoms with Crippen LogP contribution in [0.3, 0.4) is 0 Å². The molecule has 1 heterocycles. The van der Waals surface area contributed by atoms with Crippen LogP contribution in [0, 0.1) is 6.92 Å². The summed E-state index contributed by atoms with van der Waals surface area (Å²) in [7, 11) is 0. The lowest BCUT2D eigenvalue weighted by Crippen LogP contribution is -2.25. The molecule has 0 radical (unpaired) electrons. The summed E-state index contributed by atoms with van der Waals surface area (Å²) in [6.07, 6.45) is 0.782. The number of hydrogen-bond donors (Lipinski definition) is 1. The maximum Gasteiger partial charge on any atom is 0.255 e. The maximum absolute atomic E-state index is 12.5. The third-order valence-electron chi connectivity index (χ3n) is 3.99. The Hall–Kier alpha value is -2.14. The largest absolute Gasteiger partial charge is 0.321 e. The van der Waals surface area contributed by atoms with Crippen molar-refractivity contribution >= 4 is 39.1 Å². The first-order valence-corrected chi connectivity index (χ1v) is 8.23. The summed E-state index contributed by atoms with van der Waals surface area (Å²) in [5.41, 5.74) is 4.41. The molecule has 23 heavy (non-hydrogen) atoms. The first-order valence-electron chi connectivity index (χ1n) is 7.44. The fourth-order valence-corrected chi connectivity index (χ4v) is 3.38. The second kappa shape index (κ2) is 6.16. The lowest BCUT2D eigenvalue weighted by Gasteiger charge is -2.15. The predicted octanol–water partition coefficient (Wildman–Crippen LogP) is 3.92. The van der Waals surface area contributed by atoms with Gasteiger partial charge in [0.1, 0.15) is 0 Å². The van der Waals surface area contributed by atoms with E-state index in [2.05, 4.69) is 21.2 Å². The van der Waals surface area contributed by atoms with Gasteiger partial charge in [-0.1, -0.05) is 6.07 Å². The number of fused-ring (bicyclic) bond motifs is 1. The molecule has 2 aromatic carbocycles. The van der Waals surface area contributed by atoms with Crippen molar-refractivity contribution in [1.29, 1.82) is 0 Å². The standard InChI is InChI=1S/C18H17BrN2O2/c1-11-3-5-16(15(19)9-11)20-18(23)14-4-6-17-13(10-14)7-8-21(17)12(2)22/h3-6,9-10H,7-8H2,1-2H3,(H,20,23). The highest BCUT2D eigenvalue weighted by Crippen LogP contribution is 2.29. The zero-order valence-electron chi connectivity index (χ0n) is 13.0. The van der Waals surface area contributed by atoms with Crippen LogP contribution >= 0.6 is 15.9 Å². The average molecular weight is 373 g/mol. The second-order valence-corrected chi connectivity index (χ2v) is 6.56. The van der Waals surface area contributed by atoms with Gasteiger partial charge in [0.15, 0.2) is 0 Å². The van der Waals surface area contributed by atoms with Gasteiger partial charge in [0.05, 0.1) is 5.69 Å². The first-order chi connectivity index (χ1) is 11.0. The van der Waals surface area contributed by atoms with E-state index in [0.717, 1.165) is 33.4 Å². The van der Waals surface area contributed by atoms with E-state index in [-0.39, 0.29) is 11.8 Å². The molecule has 0 saturated heterocycles. The summed E-state index contributed by atoms with van der Waals surface area (Å²) in [6, 6.07) is 11.3. The van der Waals surface area contributed by atoms with Gasteiger partial charge in [-0.15, -0.1) is 0 Å². The minimum absolute atomic E-state index is 0.0320. The number of benzene rings is 2. The Kier molecular flexibility index (Phi) is 4.22. The van der Waals surface area contributed by atoms with Crippen molar-refractivity contribution in [1.82, 2.24) is 0 Å². The van der Waals surface area contributed by atoms with Gasteiger partial charge in [-0.2, -0.15) is 0 Å². The van der Waals surface area contributed by atoms with Gasteiger partial charge in [0, 0.05) is 29.2 Å². The topological polar surface area (TPSA) is 49.4 Å². The number of aryl methyl sites for hydroxylation is 1. The van der Waals surface area contributed by atoms with E-state index < -0.39 is 0 Å². The van der Waals surface area contributed by atoms with Crippen LogP contribution in [0.25, 0.3) is 0 Å². The Morgan fingerprint density at radius 3 is 2.65 bits per heavy atom. The molecule has 5 heteroatoms. The molecule has 1 N–H and O–H groups in total. The highest BCUT2D eigenvalue weighted by atomic mass is 79.9. The highest BCUT2D eigenvalue weighted by molar-refractivity contribution is 9.10. The number of halogens is 1. The molecule has 1 aliphatic heterocycles. The fraction of sp³-hybridized carbons (Fsp3) is 0.222. The van der Waals surface area contributed by atoms with Crippen molar-refractivity contribution in [2.24, 2.45) is 0 Å². The molecule has 118 valence electrons. The van der Waals surface area contributed by atoms with Crippen molar-refractivity contribution in [3.8, 4) is 0 Å². The average Bonchev–Trinajstić information content (AvgIpc) is 2.93. The number of nitrogens with zero attached hydrogens (tertiary/aromatic N) is 1. The lowest BCUT2D eigenvalue weighted by molar-refractivity contribution is -0.116. The van der Waals surface area contributed by atoms with Gasteiger partial charge in [0.2, 0.25) is 5.91 Å². The Balaban J connectivity index is 1.82. The monoisotopic (exact) mass is 372 g/mol. The summed E-state index contributed by atoms with van der Waals surface area (Å²) in [6.45, 7) is 4.24.